The zero-order valence-corrected chi connectivity index (χ0v) is 13.6. The van der Waals surface area contributed by atoms with Gasteiger partial charge in [0, 0.05) is 41.8 Å². The monoisotopic (exact) mass is 353 g/mol. The number of aromatic nitrogens is 1. The Morgan fingerprint density at radius 1 is 1.17 bits per heavy atom. The summed E-state index contributed by atoms with van der Waals surface area (Å²) < 4.78 is 54.4. The average molecular weight is 353 g/mol. The highest BCUT2D eigenvalue weighted by molar-refractivity contribution is 7.89. The Morgan fingerprint density at radius 2 is 1.88 bits per heavy atom. The summed E-state index contributed by atoms with van der Waals surface area (Å²) in [6.07, 6.45) is -0.308. The Kier molecular flexibility index (Phi) is 3.78. The molecular weight excluding hydrogens is 336 g/mol. The predicted molar refractivity (Wildman–Crippen MR) is 85.3 cm³/mol. The maximum Gasteiger partial charge on any atom is 0.265 e. The maximum atomic E-state index is 13.4. The van der Waals surface area contributed by atoms with Gasteiger partial charge in [0.15, 0.2) is 0 Å². The highest BCUT2D eigenvalue weighted by atomic mass is 32.2. The first-order chi connectivity index (χ1) is 11.5. The number of sulfonamides is 1. The van der Waals surface area contributed by atoms with Gasteiger partial charge in [0.25, 0.3) is 6.43 Å². The first-order valence-electron chi connectivity index (χ1n) is 7.84. The summed E-state index contributed by atoms with van der Waals surface area (Å²) in [6, 6.07) is 4.59. The minimum Gasteiger partial charge on any atom is -0.316 e. The molecule has 2 aliphatic rings. The molecule has 2 fully saturated rings. The van der Waals surface area contributed by atoms with Gasteiger partial charge in [-0.3, -0.25) is 4.98 Å². The van der Waals surface area contributed by atoms with Gasteiger partial charge in [-0.1, -0.05) is 12.1 Å². The molecule has 1 aromatic carbocycles. The van der Waals surface area contributed by atoms with Crippen molar-refractivity contribution < 1.29 is 17.2 Å². The number of pyridine rings is 1. The van der Waals surface area contributed by atoms with Crippen LogP contribution in [-0.4, -0.2) is 43.9 Å². The van der Waals surface area contributed by atoms with Crippen LogP contribution in [0.2, 0.25) is 0 Å². The lowest BCUT2D eigenvalue weighted by molar-refractivity contribution is 0.152. The fourth-order valence-corrected chi connectivity index (χ4v) is 5.55. The minimum atomic E-state index is -3.82. The molecule has 2 aliphatic heterocycles. The van der Waals surface area contributed by atoms with E-state index in [-0.39, 0.29) is 15.8 Å². The van der Waals surface area contributed by atoms with E-state index in [4.69, 9.17) is 0 Å². The number of fused-ring (bicyclic) bond motifs is 2. The fourth-order valence-electron chi connectivity index (χ4n) is 3.76. The summed E-state index contributed by atoms with van der Waals surface area (Å²) in [5.41, 5.74) is -0.340. The molecule has 1 N–H and O–H groups in total. The Bertz CT molecular complexity index is 871. The van der Waals surface area contributed by atoms with Crippen molar-refractivity contribution in [2.24, 2.45) is 11.8 Å². The smallest absolute Gasteiger partial charge is 0.265 e. The van der Waals surface area contributed by atoms with Crippen LogP contribution in [-0.2, 0) is 10.0 Å². The molecule has 0 spiro atoms. The molecule has 3 heterocycles. The van der Waals surface area contributed by atoms with E-state index < -0.39 is 16.4 Å². The molecule has 2 saturated heterocycles. The second-order valence-electron chi connectivity index (χ2n) is 6.38. The summed E-state index contributed by atoms with van der Waals surface area (Å²) in [7, 11) is -3.82. The summed E-state index contributed by atoms with van der Waals surface area (Å²) in [5, 5.41) is 3.75. The lowest BCUT2D eigenvalue weighted by atomic mass is 10.0. The molecule has 0 aliphatic carbocycles. The minimum absolute atomic E-state index is 0.0503. The van der Waals surface area contributed by atoms with Crippen LogP contribution >= 0.6 is 0 Å². The van der Waals surface area contributed by atoms with Crippen LogP contribution in [0.4, 0.5) is 8.78 Å². The van der Waals surface area contributed by atoms with Gasteiger partial charge in [-0.25, -0.2) is 17.2 Å². The number of hydrogen-bond donors (Lipinski definition) is 1. The number of rotatable bonds is 3. The molecule has 0 unspecified atom stereocenters. The number of nitrogens with zero attached hydrogens (tertiary/aromatic N) is 2. The quantitative estimate of drug-likeness (QED) is 0.917. The number of benzene rings is 1. The van der Waals surface area contributed by atoms with Crippen molar-refractivity contribution >= 4 is 20.8 Å². The molecule has 0 saturated carbocycles. The van der Waals surface area contributed by atoms with Crippen molar-refractivity contribution in [1.29, 1.82) is 0 Å². The first-order valence-corrected chi connectivity index (χ1v) is 9.28. The van der Waals surface area contributed by atoms with Crippen molar-refractivity contribution in [2.45, 2.75) is 11.3 Å². The summed E-state index contributed by atoms with van der Waals surface area (Å²) in [4.78, 5) is 3.75. The third kappa shape index (κ3) is 2.40. The zero-order valence-electron chi connectivity index (χ0n) is 12.8. The van der Waals surface area contributed by atoms with Crippen LogP contribution in [0, 0.1) is 11.8 Å². The maximum absolute atomic E-state index is 13.4. The Morgan fingerprint density at radius 3 is 2.54 bits per heavy atom. The Balaban J connectivity index is 1.84. The van der Waals surface area contributed by atoms with Gasteiger partial charge in [-0.2, -0.15) is 4.31 Å². The fraction of sp³-hybridized carbons (Fsp3) is 0.438. The molecule has 128 valence electrons. The molecule has 4 rings (SSSR count). The Hall–Kier alpha value is -1.64. The van der Waals surface area contributed by atoms with Gasteiger partial charge in [0.1, 0.15) is 0 Å². The summed E-state index contributed by atoms with van der Waals surface area (Å²) >= 11 is 0. The van der Waals surface area contributed by atoms with E-state index in [0.717, 1.165) is 19.3 Å². The third-order valence-corrected chi connectivity index (χ3v) is 6.86. The number of hydrogen-bond acceptors (Lipinski definition) is 4. The number of nitrogens with one attached hydrogen (secondary N) is 1. The largest absolute Gasteiger partial charge is 0.316 e. The molecule has 24 heavy (non-hydrogen) atoms. The molecule has 2 atom stereocenters. The predicted octanol–water partition coefficient (Wildman–Crippen LogP) is 2.01. The van der Waals surface area contributed by atoms with Crippen LogP contribution in [0.1, 0.15) is 12.0 Å². The van der Waals surface area contributed by atoms with E-state index in [0.29, 0.717) is 30.3 Å². The number of halogens is 2. The van der Waals surface area contributed by atoms with Gasteiger partial charge in [0.2, 0.25) is 10.0 Å². The van der Waals surface area contributed by atoms with Crippen molar-refractivity contribution in [3.63, 3.8) is 0 Å². The molecule has 0 amide bonds. The van der Waals surface area contributed by atoms with Gasteiger partial charge in [-0.15, -0.1) is 0 Å². The summed E-state index contributed by atoms with van der Waals surface area (Å²) in [6.45, 7) is 2.48. The Labute approximate surface area is 138 Å². The SMILES string of the molecule is O=S(=O)(c1cccc2cncc(C(F)F)c12)N1C[C@H]2CNC[C@H]2C1. The molecule has 8 heteroatoms. The van der Waals surface area contributed by atoms with Gasteiger partial charge >= 0.3 is 0 Å². The van der Waals surface area contributed by atoms with Crippen LogP contribution in [0.3, 0.4) is 0 Å². The van der Waals surface area contributed by atoms with E-state index in [1.807, 2.05) is 0 Å². The molecule has 2 aromatic rings. The molecule has 5 nitrogen and oxygen atoms in total. The zero-order chi connectivity index (χ0) is 16.9. The van der Waals surface area contributed by atoms with Crippen LogP contribution in [0.5, 0.6) is 0 Å². The van der Waals surface area contributed by atoms with Crippen molar-refractivity contribution in [3.8, 4) is 0 Å². The molecule has 0 radical (unpaired) electrons. The highest BCUT2D eigenvalue weighted by Gasteiger charge is 2.42. The average Bonchev–Trinajstić information content (AvgIpc) is 3.15. The van der Waals surface area contributed by atoms with Crippen molar-refractivity contribution in [1.82, 2.24) is 14.6 Å². The van der Waals surface area contributed by atoms with Crippen LogP contribution < -0.4 is 5.32 Å². The molecular formula is C16H17F2N3O2S. The lowest BCUT2D eigenvalue weighted by Gasteiger charge is -2.19. The van der Waals surface area contributed by atoms with Crippen molar-refractivity contribution in [2.75, 3.05) is 26.2 Å². The van der Waals surface area contributed by atoms with E-state index in [2.05, 4.69) is 10.3 Å². The van der Waals surface area contributed by atoms with E-state index >= 15 is 0 Å². The lowest BCUT2D eigenvalue weighted by Crippen LogP contribution is -2.32. The topological polar surface area (TPSA) is 62.3 Å². The number of alkyl halides is 2. The molecule has 0 bridgehead atoms. The first kappa shape index (κ1) is 15.9. The highest BCUT2D eigenvalue weighted by Crippen LogP contribution is 2.36. The van der Waals surface area contributed by atoms with Crippen LogP contribution in [0.25, 0.3) is 10.8 Å². The van der Waals surface area contributed by atoms with Crippen molar-refractivity contribution in [3.05, 3.63) is 36.2 Å². The van der Waals surface area contributed by atoms with Crippen LogP contribution in [0.15, 0.2) is 35.5 Å². The van der Waals surface area contributed by atoms with Gasteiger partial charge in [-0.05, 0) is 31.0 Å². The summed E-state index contributed by atoms with van der Waals surface area (Å²) in [5.74, 6) is 0.594. The van der Waals surface area contributed by atoms with Gasteiger partial charge < -0.3 is 5.32 Å². The van der Waals surface area contributed by atoms with E-state index in [1.54, 1.807) is 12.1 Å². The second kappa shape index (κ2) is 5.72. The van der Waals surface area contributed by atoms with E-state index in [9.17, 15) is 17.2 Å². The normalized spacial score (nSPS) is 24.8. The third-order valence-electron chi connectivity index (χ3n) is 4.98. The van der Waals surface area contributed by atoms with E-state index in [1.165, 1.54) is 16.6 Å². The second-order valence-corrected chi connectivity index (χ2v) is 8.29. The van der Waals surface area contributed by atoms with Gasteiger partial charge in [0.05, 0.1) is 4.90 Å². The molecule has 1 aromatic heterocycles. The standard InChI is InChI=1S/C16H17F2N3O2S/c17-16(18)13-7-20-4-10-2-1-3-14(15(10)13)24(22,23)21-8-11-5-19-6-12(11)9-21/h1-4,7,11-12,16,19H,5-6,8-9H2/t11-,12+.